The van der Waals surface area contributed by atoms with E-state index in [2.05, 4.69) is 0 Å². The molecule has 0 atom stereocenters. The lowest BCUT2D eigenvalue weighted by molar-refractivity contribution is -0.289. The Kier molecular flexibility index (Phi) is 4.91. The Morgan fingerprint density at radius 3 is 2.46 bits per heavy atom. The first-order chi connectivity index (χ1) is 12.9. The van der Waals surface area contributed by atoms with Gasteiger partial charge in [0, 0.05) is 36.2 Å². The fourth-order valence-corrected chi connectivity index (χ4v) is 3.52. The lowest BCUT2D eigenvalue weighted by Gasteiger charge is -2.39. The number of benzene rings is 1. The number of hydrogen-bond donors (Lipinski definition) is 2. The van der Waals surface area contributed by atoms with Crippen LogP contribution in [-0.4, -0.2) is 40.9 Å². The second-order valence-corrected chi connectivity index (χ2v) is 7.21. The second kappa shape index (κ2) is 6.70. The predicted molar refractivity (Wildman–Crippen MR) is 88.8 cm³/mol. The number of ether oxygens (including phenoxy) is 1. The summed E-state index contributed by atoms with van der Waals surface area (Å²) in [6.45, 7) is 3.44. The van der Waals surface area contributed by atoms with Crippen molar-refractivity contribution in [3.63, 3.8) is 0 Å². The standard InChI is InChI=1S/C18H19F5N2O3/c1-16(2)12(9-24-27)15(25-7-3-4-14(25)26)11-8-10(5-6-13(11)28-16)17(19,20)18(21,22)23/h5-6,8,24,27H,3-4,7,9H2,1-2H3. The van der Waals surface area contributed by atoms with Crippen LogP contribution in [0.25, 0.3) is 5.70 Å². The highest BCUT2D eigenvalue weighted by Gasteiger charge is 2.59. The van der Waals surface area contributed by atoms with Crippen LogP contribution in [0.4, 0.5) is 22.0 Å². The third-order valence-corrected chi connectivity index (χ3v) is 4.93. The molecule has 5 nitrogen and oxygen atoms in total. The van der Waals surface area contributed by atoms with Crippen molar-refractivity contribution in [1.82, 2.24) is 10.4 Å². The highest BCUT2D eigenvalue weighted by atomic mass is 19.4. The molecule has 154 valence electrons. The van der Waals surface area contributed by atoms with Gasteiger partial charge in [-0.25, -0.2) is 5.48 Å². The van der Waals surface area contributed by atoms with Gasteiger partial charge in [0.25, 0.3) is 0 Å². The summed E-state index contributed by atoms with van der Waals surface area (Å²) < 4.78 is 72.1. The quantitative estimate of drug-likeness (QED) is 0.590. The van der Waals surface area contributed by atoms with Gasteiger partial charge < -0.3 is 14.8 Å². The molecule has 2 aliphatic heterocycles. The number of nitrogens with one attached hydrogen (secondary N) is 1. The van der Waals surface area contributed by atoms with Crippen LogP contribution in [0.1, 0.15) is 37.8 Å². The van der Waals surface area contributed by atoms with Crippen molar-refractivity contribution < 1.29 is 36.7 Å². The average Bonchev–Trinajstić information content (AvgIpc) is 2.99. The zero-order valence-electron chi connectivity index (χ0n) is 15.2. The van der Waals surface area contributed by atoms with E-state index >= 15 is 0 Å². The van der Waals surface area contributed by atoms with Crippen LogP contribution in [0.15, 0.2) is 23.8 Å². The van der Waals surface area contributed by atoms with Crippen LogP contribution in [0.2, 0.25) is 0 Å². The first-order valence-electron chi connectivity index (χ1n) is 8.59. The van der Waals surface area contributed by atoms with Crippen molar-refractivity contribution in [3.05, 3.63) is 34.9 Å². The van der Waals surface area contributed by atoms with E-state index in [1.54, 1.807) is 13.8 Å². The van der Waals surface area contributed by atoms with Crippen LogP contribution in [0.5, 0.6) is 5.75 Å². The Morgan fingerprint density at radius 1 is 1.25 bits per heavy atom. The van der Waals surface area contributed by atoms with Gasteiger partial charge in [-0.1, -0.05) is 0 Å². The van der Waals surface area contributed by atoms with Crippen molar-refractivity contribution in [2.24, 2.45) is 0 Å². The summed E-state index contributed by atoms with van der Waals surface area (Å²) in [5, 5.41) is 9.20. The number of rotatable bonds is 4. The number of fused-ring (bicyclic) bond motifs is 1. The SMILES string of the molecule is CC1(C)Oc2ccc(C(F)(F)C(F)(F)F)cc2C(N2CCCC2=O)=C1CNO. The molecule has 28 heavy (non-hydrogen) atoms. The van der Waals surface area contributed by atoms with Gasteiger partial charge in [0.15, 0.2) is 0 Å². The lowest BCUT2D eigenvalue weighted by atomic mass is 9.87. The summed E-state index contributed by atoms with van der Waals surface area (Å²) in [4.78, 5) is 13.7. The second-order valence-electron chi connectivity index (χ2n) is 7.21. The molecule has 0 aliphatic carbocycles. The summed E-state index contributed by atoms with van der Waals surface area (Å²) in [7, 11) is 0. The molecule has 0 radical (unpaired) electrons. The number of halogens is 5. The average molecular weight is 406 g/mol. The van der Waals surface area contributed by atoms with Crippen LogP contribution < -0.4 is 10.2 Å². The highest BCUT2D eigenvalue weighted by Crippen LogP contribution is 2.48. The topological polar surface area (TPSA) is 61.8 Å². The van der Waals surface area contributed by atoms with Crippen molar-refractivity contribution in [2.45, 2.75) is 44.4 Å². The molecule has 0 bridgehead atoms. The molecule has 0 aromatic heterocycles. The zero-order valence-corrected chi connectivity index (χ0v) is 15.2. The molecular formula is C18H19F5N2O3. The molecule has 0 saturated carbocycles. The summed E-state index contributed by atoms with van der Waals surface area (Å²) >= 11 is 0. The van der Waals surface area contributed by atoms with E-state index in [0.29, 0.717) is 30.7 Å². The number of hydroxylamine groups is 1. The van der Waals surface area contributed by atoms with Crippen LogP contribution in [-0.2, 0) is 10.7 Å². The molecule has 1 aromatic rings. The van der Waals surface area contributed by atoms with Gasteiger partial charge in [0.1, 0.15) is 11.4 Å². The molecule has 2 heterocycles. The van der Waals surface area contributed by atoms with Gasteiger partial charge >= 0.3 is 12.1 Å². The monoisotopic (exact) mass is 406 g/mol. The summed E-state index contributed by atoms with van der Waals surface area (Å²) in [5.74, 6) is -5.25. The third kappa shape index (κ3) is 3.24. The van der Waals surface area contributed by atoms with Crippen molar-refractivity contribution in [2.75, 3.05) is 13.1 Å². The van der Waals surface area contributed by atoms with Gasteiger partial charge in [-0.3, -0.25) is 4.79 Å². The Morgan fingerprint density at radius 2 is 1.93 bits per heavy atom. The zero-order chi connectivity index (χ0) is 20.9. The predicted octanol–water partition coefficient (Wildman–Crippen LogP) is 3.82. The van der Waals surface area contributed by atoms with E-state index in [1.165, 1.54) is 4.90 Å². The number of hydrogen-bond acceptors (Lipinski definition) is 4. The number of alkyl halides is 5. The summed E-state index contributed by atoms with van der Waals surface area (Å²) in [6.07, 6.45) is -5.01. The van der Waals surface area contributed by atoms with E-state index in [4.69, 9.17) is 4.74 Å². The molecule has 1 saturated heterocycles. The normalized spacial score (nSPS) is 19.7. The van der Waals surface area contributed by atoms with E-state index in [1.807, 2.05) is 5.48 Å². The molecule has 1 amide bonds. The number of nitrogens with zero attached hydrogens (tertiary/aromatic N) is 1. The number of carbonyl (C=O) groups excluding carboxylic acids is 1. The highest BCUT2D eigenvalue weighted by molar-refractivity contribution is 5.91. The summed E-state index contributed by atoms with van der Waals surface area (Å²) in [6, 6.07) is 2.42. The maximum absolute atomic E-state index is 13.9. The minimum absolute atomic E-state index is 0.0405. The molecular weight excluding hydrogens is 387 g/mol. The fraction of sp³-hybridized carbons (Fsp3) is 0.500. The Balaban J connectivity index is 2.24. The van der Waals surface area contributed by atoms with E-state index in [-0.39, 0.29) is 35.9 Å². The van der Waals surface area contributed by atoms with E-state index in [0.717, 1.165) is 6.07 Å². The Hall–Kier alpha value is -2.20. The minimum atomic E-state index is -5.77. The molecule has 1 aromatic carbocycles. The van der Waals surface area contributed by atoms with Crippen molar-refractivity contribution in [3.8, 4) is 5.75 Å². The maximum Gasteiger partial charge on any atom is 0.458 e. The van der Waals surface area contributed by atoms with Gasteiger partial charge in [-0.2, -0.15) is 22.0 Å². The van der Waals surface area contributed by atoms with Gasteiger partial charge in [0.2, 0.25) is 5.91 Å². The first kappa shape index (κ1) is 20.5. The first-order valence-corrected chi connectivity index (χ1v) is 8.59. The number of amides is 1. The Bertz CT molecular complexity index is 833. The molecule has 2 N–H and O–H groups in total. The number of likely N-dealkylation sites (tertiary alicyclic amines) is 1. The fourth-order valence-electron chi connectivity index (χ4n) is 3.52. The molecule has 0 spiro atoms. The van der Waals surface area contributed by atoms with E-state index < -0.39 is 23.3 Å². The Labute approximate surface area is 157 Å². The smallest absolute Gasteiger partial charge is 0.458 e. The summed E-state index contributed by atoms with van der Waals surface area (Å²) in [5.41, 5.74) is 0.192. The number of carbonyl (C=O) groups is 1. The molecule has 10 heteroatoms. The molecule has 3 rings (SSSR count). The molecule has 1 fully saturated rings. The van der Waals surface area contributed by atoms with Crippen molar-refractivity contribution >= 4 is 11.6 Å². The van der Waals surface area contributed by atoms with E-state index in [9.17, 15) is 32.0 Å². The third-order valence-electron chi connectivity index (χ3n) is 4.93. The largest absolute Gasteiger partial charge is 0.483 e. The van der Waals surface area contributed by atoms with Crippen LogP contribution in [0, 0.1) is 0 Å². The molecule has 0 unspecified atom stereocenters. The molecule has 2 aliphatic rings. The van der Waals surface area contributed by atoms with Crippen LogP contribution in [0.3, 0.4) is 0 Å². The maximum atomic E-state index is 13.9. The van der Waals surface area contributed by atoms with Gasteiger partial charge in [-0.15, -0.1) is 0 Å². The van der Waals surface area contributed by atoms with Gasteiger partial charge in [0.05, 0.1) is 5.70 Å². The minimum Gasteiger partial charge on any atom is -0.483 e. The van der Waals surface area contributed by atoms with Crippen LogP contribution >= 0.6 is 0 Å². The van der Waals surface area contributed by atoms with Gasteiger partial charge in [-0.05, 0) is 38.5 Å². The lowest BCUT2D eigenvalue weighted by Crippen LogP contribution is -2.42. The van der Waals surface area contributed by atoms with Crippen molar-refractivity contribution in [1.29, 1.82) is 0 Å².